The second-order valence-corrected chi connectivity index (χ2v) is 5.69. The molecule has 0 fully saturated rings. The summed E-state index contributed by atoms with van der Waals surface area (Å²) in [6, 6.07) is 11.7. The van der Waals surface area contributed by atoms with Crippen molar-refractivity contribution < 1.29 is 23.8 Å². The third kappa shape index (κ3) is 5.85. The average Bonchev–Trinajstić information content (AvgIpc) is 2.62. The van der Waals surface area contributed by atoms with E-state index in [1.807, 2.05) is 24.3 Å². The standard InChI is InChI=1S/C19H22FNO4/c1-13-3-6-15(9-18(13)20)19(23)21-10-16(22)12-25-11-14-4-7-17(24-2)8-5-14/h3-9,16,22H,10-12H2,1-2H3,(H,21,23)/t16-/m1/s1. The molecule has 0 heterocycles. The van der Waals surface area contributed by atoms with Crippen LogP contribution in [0.4, 0.5) is 4.39 Å². The normalized spacial score (nSPS) is 11.8. The molecule has 0 aliphatic rings. The largest absolute Gasteiger partial charge is 0.497 e. The predicted molar refractivity (Wildman–Crippen MR) is 92.1 cm³/mol. The van der Waals surface area contributed by atoms with Crippen molar-refractivity contribution in [1.29, 1.82) is 0 Å². The Morgan fingerprint density at radius 1 is 1.24 bits per heavy atom. The Balaban J connectivity index is 1.71. The van der Waals surface area contributed by atoms with Crippen LogP contribution >= 0.6 is 0 Å². The van der Waals surface area contributed by atoms with Gasteiger partial charge < -0.3 is 19.9 Å². The second-order valence-electron chi connectivity index (χ2n) is 5.69. The third-order valence-electron chi connectivity index (χ3n) is 3.67. The first-order valence-corrected chi connectivity index (χ1v) is 7.92. The lowest BCUT2D eigenvalue weighted by atomic mass is 10.1. The number of aliphatic hydroxyl groups excluding tert-OH is 1. The van der Waals surface area contributed by atoms with E-state index in [0.29, 0.717) is 12.2 Å². The molecule has 0 bridgehead atoms. The van der Waals surface area contributed by atoms with Gasteiger partial charge in [0.2, 0.25) is 0 Å². The van der Waals surface area contributed by atoms with Crippen LogP contribution in [-0.2, 0) is 11.3 Å². The maximum Gasteiger partial charge on any atom is 0.251 e. The molecule has 2 aromatic carbocycles. The number of ether oxygens (including phenoxy) is 2. The summed E-state index contributed by atoms with van der Waals surface area (Å²) in [5, 5.41) is 12.4. The molecule has 0 unspecified atom stereocenters. The highest BCUT2D eigenvalue weighted by Crippen LogP contribution is 2.12. The van der Waals surface area contributed by atoms with Gasteiger partial charge in [0.05, 0.1) is 26.4 Å². The van der Waals surface area contributed by atoms with Crippen molar-refractivity contribution in [3.63, 3.8) is 0 Å². The van der Waals surface area contributed by atoms with E-state index in [1.54, 1.807) is 26.2 Å². The molecule has 25 heavy (non-hydrogen) atoms. The van der Waals surface area contributed by atoms with Gasteiger partial charge in [-0.1, -0.05) is 18.2 Å². The average molecular weight is 347 g/mol. The Hall–Kier alpha value is -2.44. The number of rotatable bonds is 8. The van der Waals surface area contributed by atoms with E-state index in [0.717, 1.165) is 11.3 Å². The van der Waals surface area contributed by atoms with E-state index < -0.39 is 17.8 Å². The Morgan fingerprint density at radius 3 is 2.60 bits per heavy atom. The SMILES string of the molecule is COc1ccc(COC[C@H](O)CNC(=O)c2ccc(C)c(F)c2)cc1. The van der Waals surface area contributed by atoms with E-state index in [-0.39, 0.29) is 18.7 Å². The zero-order chi connectivity index (χ0) is 18.2. The summed E-state index contributed by atoms with van der Waals surface area (Å²) in [6.07, 6.45) is -0.850. The molecule has 6 heteroatoms. The molecule has 0 saturated carbocycles. The van der Waals surface area contributed by atoms with E-state index in [9.17, 15) is 14.3 Å². The molecular formula is C19H22FNO4. The maximum absolute atomic E-state index is 13.5. The lowest BCUT2D eigenvalue weighted by Gasteiger charge is -2.13. The van der Waals surface area contributed by atoms with E-state index in [2.05, 4.69) is 5.32 Å². The van der Waals surface area contributed by atoms with Crippen molar-refractivity contribution in [3.05, 3.63) is 65.0 Å². The predicted octanol–water partition coefficient (Wildman–Crippen LogP) is 2.45. The molecule has 1 amide bonds. The van der Waals surface area contributed by atoms with Crippen LogP contribution < -0.4 is 10.1 Å². The molecular weight excluding hydrogens is 325 g/mol. The molecule has 2 N–H and O–H groups in total. The summed E-state index contributed by atoms with van der Waals surface area (Å²) < 4.78 is 24.0. The molecule has 0 spiro atoms. The first kappa shape index (κ1) is 18.9. The molecule has 1 atom stereocenters. The van der Waals surface area contributed by atoms with Crippen molar-refractivity contribution in [1.82, 2.24) is 5.32 Å². The highest BCUT2D eigenvalue weighted by molar-refractivity contribution is 5.94. The highest BCUT2D eigenvalue weighted by Gasteiger charge is 2.11. The van der Waals surface area contributed by atoms with Gasteiger partial charge in [0.1, 0.15) is 11.6 Å². The van der Waals surface area contributed by atoms with Crippen molar-refractivity contribution in [3.8, 4) is 5.75 Å². The van der Waals surface area contributed by atoms with Crippen molar-refractivity contribution in [2.75, 3.05) is 20.3 Å². The highest BCUT2D eigenvalue weighted by atomic mass is 19.1. The van der Waals surface area contributed by atoms with E-state index >= 15 is 0 Å². The second kappa shape index (κ2) is 9.15. The van der Waals surface area contributed by atoms with Crippen LogP contribution in [0.1, 0.15) is 21.5 Å². The number of nitrogens with one attached hydrogen (secondary N) is 1. The number of aryl methyl sites for hydroxylation is 1. The minimum atomic E-state index is -0.850. The molecule has 2 aromatic rings. The number of carbonyl (C=O) groups excluding carboxylic acids is 1. The number of methoxy groups -OCH3 is 1. The number of aliphatic hydroxyl groups is 1. The molecule has 0 aliphatic heterocycles. The summed E-state index contributed by atoms with van der Waals surface area (Å²) in [6.45, 7) is 2.07. The van der Waals surface area contributed by atoms with Crippen molar-refractivity contribution in [2.24, 2.45) is 0 Å². The van der Waals surface area contributed by atoms with Crippen LogP contribution in [0.2, 0.25) is 0 Å². The summed E-state index contributed by atoms with van der Waals surface area (Å²) >= 11 is 0. The van der Waals surface area contributed by atoms with Crippen LogP contribution in [0, 0.1) is 12.7 Å². The van der Waals surface area contributed by atoms with Crippen molar-refractivity contribution in [2.45, 2.75) is 19.6 Å². The van der Waals surface area contributed by atoms with Gasteiger partial charge in [-0.15, -0.1) is 0 Å². The molecule has 2 rings (SSSR count). The van der Waals surface area contributed by atoms with Gasteiger partial charge in [0, 0.05) is 12.1 Å². The topological polar surface area (TPSA) is 67.8 Å². The Bertz CT molecular complexity index is 703. The van der Waals surface area contributed by atoms with Crippen LogP contribution in [-0.4, -0.2) is 37.4 Å². The zero-order valence-electron chi connectivity index (χ0n) is 14.3. The van der Waals surface area contributed by atoms with E-state index in [4.69, 9.17) is 9.47 Å². The van der Waals surface area contributed by atoms with Gasteiger partial charge in [-0.05, 0) is 42.3 Å². The van der Waals surface area contributed by atoms with Gasteiger partial charge >= 0.3 is 0 Å². The Labute approximate surface area is 146 Å². The molecule has 0 aliphatic carbocycles. The fourth-order valence-electron chi connectivity index (χ4n) is 2.14. The van der Waals surface area contributed by atoms with Crippen LogP contribution in [0.25, 0.3) is 0 Å². The number of hydrogen-bond acceptors (Lipinski definition) is 4. The van der Waals surface area contributed by atoms with Crippen LogP contribution in [0.3, 0.4) is 0 Å². The first-order valence-electron chi connectivity index (χ1n) is 7.92. The summed E-state index contributed by atoms with van der Waals surface area (Å²) in [5.74, 6) is -0.108. The lowest BCUT2D eigenvalue weighted by molar-refractivity contribution is 0.0285. The quantitative estimate of drug-likeness (QED) is 0.770. The first-order chi connectivity index (χ1) is 12.0. The Kier molecular flexibility index (Phi) is 6.91. The number of halogens is 1. The summed E-state index contributed by atoms with van der Waals surface area (Å²) in [5.41, 5.74) is 1.64. The third-order valence-corrected chi connectivity index (χ3v) is 3.67. The number of amides is 1. The Morgan fingerprint density at radius 2 is 1.96 bits per heavy atom. The number of carbonyl (C=O) groups is 1. The van der Waals surface area contributed by atoms with Gasteiger partial charge in [-0.25, -0.2) is 4.39 Å². The summed E-state index contributed by atoms with van der Waals surface area (Å²) in [7, 11) is 1.60. The fourth-order valence-corrected chi connectivity index (χ4v) is 2.14. The van der Waals surface area contributed by atoms with Gasteiger partial charge in [-0.3, -0.25) is 4.79 Å². The number of hydrogen-bond donors (Lipinski definition) is 2. The maximum atomic E-state index is 13.5. The smallest absolute Gasteiger partial charge is 0.251 e. The minimum absolute atomic E-state index is 0.0247. The van der Waals surface area contributed by atoms with Crippen LogP contribution in [0.15, 0.2) is 42.5 Å². The van der Waals surface area contributed by atoms with Gasteiger partial charge in [-0.2, -0.15) is 0 Å². The van der Waals surface area contributed by atoms with Gasteiger partial charge in [0.15, 0.2) is 0 Å². The number of benzene rings is 2. The zero-order valence-corrected chi connectivity index (χ0v) is 14.3. The molecule has 0 saturated heterocycles. The van der Waals surface area contributed by atoms with Crippen molar-refractivity contribution >= 4 is 5.91 Å². The fraction of sp³-hybridized carbons (Fsp3) is 0.316. The molecule has 0 aromatic heterocycles. The lowest BCUT2D eigenvalue weighted by Crippen LogP contribution is -2.34. The summed E-state index contributed by atoms with van der Waals surface area (Å²) in [4.78, 5) is 11.9. The van der Waals surface area contributed by atoms with Crippen LogP contribution in [0.5, 0.6) is 5.75 Å². The minimum Gasteiger partial charge on any atom is -0.497 e. The monoisotopic (exact) mass is 347 g/mol. The molecule has 0 radical (unpaired) electrons. The molecule has 134 valence electrons. The van der Waals surface area contributed by atoms with Gasteiger partial charge in [0.25, 0.3) is 5.91 Å². The molecule has 5 nitrogen and oxygen atoms in total. The van der Waals surface area contributed by atoms with E-state index in [1.165, 1.54) is 6.07 Å².